The predicted octanol–water partition coefficient (Wildman–Crippen LogP) is 7.55. The minimum Gasteiger partial charge on any atom is -0.264 e. The van der Waals surface area contributed by atoms with Crippen molar-refractivity contribution >= 4 is 31.5 Å². The SMILES string of the molecule is Cc1nc(-c2cccc(-c3cccnc3)c2)cc(-c2ccc3c(c2)sc2ccccc23)n1. The summed E-state index contributed by atoms with van der Waals surface area (Å²) in [7, 11) is 0. The third-order valence-corrected chi connectivity index (χ3v) is 6.80. The summed E-state index contributed by atoms with van der Waals surface area (Å²) >= 11 is 1.83. The monoisotopic (exact) mass is 429 g/mol. The van der Waals surface area contributed by atoms with Crippen molar-refractivity contribution in [1.29, 1.82) is 0 Å². The van der Waals surface area contributed by atoms with E-state index in [-0.39, 0.29) is 0 Å². The molecular weight excluding hydrogens is 410 g/mol. The summed E-state index contributed by atoms with van der Waals surface area (Å²) in [5, 5.41) is 2.61. The van der Waals surface area contributed by atoms with E-state index < -0.39 is 0 Å². The van der Waals surface area contributed by atoms with Gasteiger partial charge in [-0.25, -0.2) is 9.97 Å². The predicted molar refractivity (Wildman–Crippen MR) is 134 cm³/mol. The molecule has 4 heteroatoms. The zero-order valence-electron chi connectivity index (χ0n) is 17.5. The average Bonchev–Trinajstić information content (AvgIpc) is 3.22. The molecule has 0 spiro atoms. The van der Waals surface area contributed by atoms with Gasteiger partial charge >= 0.3 is 0 Å². The van der Waals surface area contributed by atoms with Crippen LogP contribution in [0.15, 0.2) is 97.3 Å². The van der Waals surface area contributed by atoms with Gasteiger partial charge in [0, 0.05) is 49.3 Å². The first-order chi connectivity index (χ1) is 15.7. The molecule has 0 aliphatic carbocycles. The molecular formula is C28H19N3S. The number of thiophene rings is 1. The van der Waals surface area contributed by atoms with Gasteiger partial charge in [-0.15, -0.1) is 11.3 Å². The molecule has 0 aliphatic rings. The van der Waals surface area contributed by atoms with E-state index in [1.54, 1.807) is 6.20 Å². The van der Waals surface area contributed by atoms with E-state index in [0.717, 1.165) is 39.5 Å². The zero-order chi connectivity index (χ0) is 21.5. The van der Waals surface area contributed by atoms with Gasteiger partial charge < -0.3 is 0 Å². The summed E-state index contributed by atoms with van der Waals surface area (Å²) in [6, 6.07) is 29.7. The second-order valence-corrected chi connectivity index (χ2v) is 8.90. The summed E-state index contributed by atoms with van der Waals surface area (Å²) < 4.78 is 2.59. The highest BCUT2D eigenvalue weighted by Gasteiger charge is 2.11. The van der Waals surface area contributed by atoms with E-state index in [9.17, 15) is 0 Å². The van der Waals surface area contributed by atoms with E-state index in [1.807, 2.05) is 30.5 Å². The van der Waals surface area contributed by atoms with Gasteiger partial charge in [0.25, 0.3) is 0 Å². The molecule has 0 N–H and O–H groups in total. The van der Waals surface area contributed by atoms with Crippen molar-refractivity contribution in [1.82, 2.24) is 15.0 Å². The molecule has 6 rings (SSSR count). The van der Waals surface area contributed by atoms with E-state index in [1.165, 1.54) is 20.2 Å². The van der Waals surface area contributed by atoms with Crippen LogP contribution in [0.5, 0.6) is 0 Å². The Morgan fingerprint density at radius 2 is 1.34 bits per heavy atom. The van der Waals surface area contributed by atoms with Gasteiger partial charge in [0.15, 0.2) is 0 Å². The highest BCUT2D eigenvalue weighted by molar-refractivity contribution is 7.25. The summed E-state index contributed by atoms with van der Waals surface area (Å²) in [4.78, 5) is 13.7. The Morgan fingerprint density at radius 3 is 2.19 bits per heavy atom. The second-order valence-electron chi connectivity index (χ2n) is 7.82. The van der Waals surface area contributed by atoms with Crippen molar-refractivity contribution in [3.63, 3.8) is 0 Å². The molecule has 0 fully saturated rings. The van der Waals surface area contributed by atoms with E-state index in [4.69, 9.17) is 9.97 Å². The van der Waals surface area contributed by atoms with Gasteiger partial charge in [-0.2, -0.15) is 0 Å². The number of pyridine rings is 1. The lowest BCUT2D eigenvalue weighted by atomic mass is 10.0. The molecule has 3 heterocycles. The summed E-state index contributed by atoms with van der Waals surface area (Å²) in [5.74, 6) is 0.765. The normalized spacial score (nSPS) is 11.3. The number of aromatic nitrogens is 3. The molecule has 3 nitrogen and oxygen atoms in total. The molecule has 0 aliphatic heterocycles. The van der Waals surface area contributed by atoms with Gasteiger partial charge in [0.2, 0.25) is 0 Å². The third-order valence-electron chi connectivity index (χ3n) is 5.67. The molecule has 0 saturated carbocycles. The van der Waals surface area contributed by atoms with Crippen LogP contribution in [-0.2, 0) is 0 Å². The van der Waals surface area contributed by atoms with E-state index >= 15 is 0 Å². The molecule has 0 bridgehead atoms. The van der Waals surface area contributed by atoms with Gasteiger partial charge in [-0.3, -0.25) is 4.98 Å². The van der Waals surface area contributed by atoms with Crippen molar-refractivity contribution in [2.75, 3.05) is 0 Å². The van der Waals surface area contributed by atoms with Crippen LogP contribution >= 0.6 is 11.3 Å². The maximum absolute atomic E-state index is 4.75. The Kier molecular flexibility index (Phi) is 4.51. The van der Waals surface area contributed by atoms with Crippen LogP contribution < -0.4 is 0 Å². The van der Waals surface area contributed by atoms with E-state index in [0.29, 0.717) is 0 Å². The van der Waals surface area contributed by atoms with Crippen molar-refractivity contribution in [2.45, 2.75) is 6.92 Å². The lowest BCUT2D eigenvalue weighted by molar-refractivity contribution is 1.06. The lowest BCUT2D eigenvalue weighted by Gasteiger charge is -2.09. The number of aryl methyl sites for hydroxylation is 1. The number of hydrogen-bond acceptors (Lipinski definition) is 4. The first-order valence-electron chi connectivity index (χ1n) is 10.5. The molecule has 0 saturated heterocycles. The number of rotatable bonds is 3. The highest BCUT2D eigenvalue weighted by atomic mass is 32.1. The van der Waals surface area contributed by atoms with Gasteiger partial charge in [0.1, 0.15) is 5.82 Å². The number of fused-ring (bicyclic) bond motifs is 3. The molecule has 0 radical (unpaired) electrons. The van der Waals surface area contributed by atoms with Crippen LogP contribution in [0.2, 0.25) is 0 Å². The minimum atomic E-state index is 0.765. The molecule has 0 unspecified atom stereocenters. The second kappa shape index (κ2) is 7.66. The Hall–Kier alpha value is -3.89. The van der Waals surface area contributed by atoms with Crippen molar-refractivity contribution in [3.05, 3.63) is 103 Å². The first-order valence-corrected chi connectivity index (χ1v) is 11.3. The van der Waals surface area contributed by atoms with Gasteiger partial charge in [-0.1, -0.05) is 54.6 Å². The topological polar surface area (TPSA) is 38.7 Å². The van der Waals surface area contributed by atoms with E-state index in [2.05, 4.69) is 83.8 Å². The smallest absolute Gasteiger partial charge is 0.126 e. The number of nitrogens with zero attached hydrogens (tertiary/aromatic N) is 3. The van der Waals surface area contributed by atoms with Crippen LogP contribution in [0.25, 0.3) is 53.8 Å². The fraction of sp³-hybridized carbons (Fsp3) is 0.0357. The Bertz CT molecular complexity index is 1590. The first kappa shape index (κ1) is 18.8. The van der Waals surface area contributed by atoms with Crippen molar-refractivity contribution < 1.29 is 0 Å². The minimum absolute atomic E-state index is 0.765. The van der Waals surface area contributed by atoms with Crippen LogP contribution in [-0.4, -0.2) is 15.0 Å². The number of benzene rings is 3. The average molecular weight is 430 g/mol. The summed E-state index contributed by atoms with van der Waals surface area (Å²) in [6.45, 7) is 1.95. The molecule has 3 aromatic carbocycles. The van der Waals surface area contributed by atoms with Crippen molar-refractivity contribution in [3.8, 4) is 33.6 Å². The molecule has 0 amide bonds. The fourth-order valence-corrected chi connectivity index (χ4v) is 5.29. The fourth-order valence-electron chi connectivity index (χ4n) is 4.14. The standard InChI is InChI=1S/C28H19N3S/c1-18-30-25(20-7-4-6-19(14-20)22-8-5-13-29-17-22)16-26(31-18)21-11-12-24-23-9-2-3-10-27(23)32-28(24)15-21/h2-17H,1H3. The summed E-state index contributed by atoms with van der Waals surface area (Å²) in [6.07, 6.45) is 3.68. The van der Waals surface area contributed by atoms with Crippen LogP contribution in [0, 0.1) is 6.92 Å². The Morgan fingerprint density at radius 1 is 0.594 bits per heavy atom. The van der Waals surface area contributed by atoms with Crippen LogP contribution in [0.1, 0.15) is 5.82 Å². The maximum atomic E-state index is 4.75. The van der Waals surface area contributed by atoms with Crippen molar-refractivity contribution in [2.24, 2.45) is 0 Å². The molecule has 6 aromatic rings. The van der Waals surface area contributed by atoms with Gasteiger partial charge in [-0.05, 0) is 42.8 Å². The van der Waals surface area contributed by atoms with Gasteiger partial charge in [0.05, 0.1) is 11.4 Å². The van der Waals surface area contributed by atoms with Crippen LogP contribution in [0.3, 0.4) is 0 Å². The molecule has 32 heavy (non-hydrogen) atoms. The Balaban J connectivity index is 1.45. The van der Waals surface area contributed by atoms with Crippen LogP contribution in [0.4, 0.5) is 0 Å². The largest absolute Gasteiger partial charge is 0.264 e. The molecule has 3 aromatic heterocycles. The highest BCUT2D eigenvalue weighted by Crippen LogP contribution is 2.36. The zero-order valence-corrected chi connectivity index (χ0v) is 18.3. The Labute approximate surface area is 190 Å². The maximum Gasteiger partial charge on any atom is 0.126 e. The molecule has 0 atom stereocenters. The quantitative estimate of drug-likeness (QED) is 0.291. The lowest BCUT2D eigenvalue weighted by Crippen LogP contribution is -1.95. The third kappa shape index (κ3) is 3.35. The molecule has 152 valence electrons. The number of hydrogen-bond donors (Lipinski definition) is 0. The summed E-state index contributed by atoms with van der Waals surface area (Å²) in [5.41, 5.74) is 6.27.